The van der Waals surface area contributed by atoms with Crippen molar-refractivity contribution < 1.29 is 4.74 Å². The largest absolute Gasteiger partial charge is 0.497 e. The Labute approximate surface area is 84.1 Å². The van der Waals surface area contributed by atoms with Crippen molar-refractivity contribution in [2.75, 3.05) is 7.11 Å². The molecule has 0 amide bonds. The highest BCUT2D eigenvalue weighted by Crippen LogP contribution is 2.56. The molecule has 2 aliphatic carbocycles. The van der Waals surface area contributed by atoms with Gasteiger partial charge in [-0.1, -0.05) is 6.07 Å². The lowest BCUT2D eigenvalue weighted by Crippen LogP contribution is -2.30. The van der Waals surface area contributed by atoms with Crippen LogP contribution in [0.5, 0.6) is 5.75 Å². The van der Waals surface area contributed by atoms with Crippen LogP contribution in [0.15, 0.2) is 18.2 Å². The second-order valence-corrected chi connectivity index (χ2v) is 4.49. The van der Waals surface area contributed by atoms with Gasteiger partial charge in [0.05, 0.1) is 7.11 Å². The Balaban J connectivity index is 2.12. The summed E-state index contributed by atoms with van der Waals surface area (Å²) < 4.78 is 5.25. The van der Waals surface area contributed by atoms with Crippen LogP contribution in [0.25, 0.3) is 0 Å². The van der Waals surface area contributed by atoms with E-state index in [4.69, 9.17) is 10.5 Å². The maximum atomic E-state index is 6.18. The maximum Gasteiger partial charge on any atom is 0.119 e. The molecular weight excluding hydrogens is 174 g/mol. The monoisotopic (exact) mass is 189 g/mol. The van der Waals surface area contributed by atoms with Crippen molar-refractivity contribution in [1.82, 2.24) is 0 Å². The molecule has 0 radical (unpaired) electrons. The number of rotatable bonds is 1. The van der Waals surface area contributed by atoms with Crippen molar-refractivity contribution in [2.45, 2.75) is 30.7 Å². The van der Waals surface area contributed by atoms with Crippen molar-refractivity contribution in [2.24, 2.45) is 5.73 Å². The minimum atomic E-state index is 0.323. The summed E-state index contributed by atoms with van der Waals surface area (Å²) in [5.74, 6) is 0.962. The Morgan fingerprint density at radius 1 is 1.43 bits per heavy atom. The normalized spacial score (nSPS) is 26.3. The number of fused-ring (bicyclic) bond motifs is 2. The molecular formula is C12H15NO. The average Bonchev–Trinajstić information content (AvgIpc) is 2.94. The van der Waals surface area contributed by atoms with Crippen LogP contribution in [-0.2, 0) is 11.8 Å². The van der Waals surface area contributed by atoms with Gasteiger partial charge in [0.25, 0.3) is 0 Å². The Kier molecular flexibility index (Phi) is 1.49. The van der Waals surface area contributed by atoms with Crippen LogP contribution < -0.4 is 10.5 Å². The first kappa shape index (κ1) is 8.30. The van der Waals surface area contributed by atoms with Crippen LogP contribution in [-0.4, -0.2) is 13.2 Å². The van der Waals surface area contributed by atoms with E-state index < -0.39 is 0 Å². The predicted molar refractivity (Wildman–Crippen MR) is 55.6 cm³/mol. The molecule has 0 aliphatic heterocycles. The molecule has 3 rings (SSSR count). The molecule has 1 aromatic rings. The molecule has 1 aromatic carbocycles. The highest BCUT2D eigenvalue weighted by atomic mass is 16.5. The fourth-order valence-corrected chi connectivity index (χ4v) is 2.73. The third-order valence-electron chi connectivity index (χ3n) is 3.79. The van der Waals surface area contributed by atoms with E-state index in [0.717, 1.165) is 12.2 Å². The van der Waals surface area contributed by atoms with E-state index in [1.165, 1.54) is 24.0 Å². The van der Waals surface area contributed by atoms with Gasteiger partial charge in [-0.15, -0.1) is 0 Å². The Hall–Kier alpha value is -1.02. The smallest absolute Gasteiger partial charge is 0.119 e. The minimum absolute atomic E-state index is 0.323. The Morgan fingerprint density at radius 3 is 2.86 bits per heavy atom. The number of hydrogen-bond acceptors (Lipinski definition) is 2. The lowest BCUT2D eigenvalue weighted by molar-refractivity contribution is 0.413. The lowest BCUT2D eigenvalue weighted by atomic mass is 9.95. The van der Waals surface area contributed by atoms with Gasteiger partial charge >= 0.3 is 0 Å². The van der Waals surface area contributed by atoms with Crippen LogP contribution in [0.1, 0.15) is 24.0 Å². The van der Waals surface area contributed by atoms with E-state index in [0.29, 0.717) is 11.5 Å². The van der Waals surface area contributed by atoms with Crippen LogP contribution in [0, 0.1) is 0 Å². The second-order valence-electron chi connectivity index (χ2n) is 4.49. The predicted octanol–water partition coefficient (Wildman–Crippen LogP) is 1.61. The van der Waals surface area contributed by atoms with Gasteiger partial charge in [-0.25, -0.2) is 0 Å². The zero-order valence-corrected chi connectivity index (χ0v) is 8.42. The zero-order chi connectivity index (χ0) is 9.76. The fraction of sp³-hybridized carbons (Fsp3) is 0.500. The van der Waals surface area contributed by atoms with Crippen LogP contribution >= 0.6 is 0 Å². The number of nitrogens with two attached hydrogens (primary N) is 1. The van der Waals surface area contributed by atoms with Gasteiger partial charge in [0.1, 0.15) is 5.75 Å². The third-order valence-corrected chi connectivity index (χ3v) is 3.79. The summed E-state index contributed by atoms with van der Waals surface area (Å²) in [5, 5.41) is 0. The van der Waals surface area contributed by atoms with Crippen molar-refractivity contribution >= 4 is 0 Å². The molecule has 0 bridgehead atoms. The zero-order valence-electron chi connectivity index (χ0n) is 8.42. The molecule has 0 aromatic heterocycles. The molecule has 1 saturated carbocycles. The van der Waals surface area contributed by atoms with Crippen LogP contribution in [0.3, 0.4) is 0 Å². The molecule has 1 atom stereocenters. The molecule has 2 nitrogen and oxygen atoms in total. The van der Waals surface area contributed by atoms with E-state index in [2.05, 4.69) is 12.1 Å². The van der Waals surface area contributed by atoms with Gasteiger partial charge in [-0.2, -0.15) is 0 Å². The van der Waals surface area contributed by atoms with E-state index in [1.54, 1.807) is 7.11 Å². The highest BCUT2D eigenvalue weighted by Gasteiger charge is 2.53. The molecule has 1 unspecified atom stereocenters. The number of ether oxygens (including phenoxy) is 1. The summed E-state index contributed by atoms with van der Waals surface area (Å²) in [6.07, 6.45) is 3.56. The van der Waals surface area contributed by atoms with Gasteiger partial charge in [-0.3, -0.25) is 0 Å². The molecule has 74 valence electrons. The van der Waals surface area contributed by atoms with Crippen LogP contribution in [0.4, 0.5) is 0 Å². The standard InChI is InChI=1S/C12H15NO/c1-14-9-3-2-8-6-11(13)12(4-5-12)10(8)7-9/h2-3,7,11H,4-6,13H2,1H3. The molecule has 0 heterocycles. The quantitative estimate of drug-likeness (QED) is 0.728. The van der Waals surface area contributed by atoms with E-state index in [9.17, 15) is 0 Å². The molecule has 1 spiro atoms. The van der Waals surface area contributed by atoms with Gasteiger partial charge in [-0.05, 0) is 42.5 Å². The van der Waals surface area contributed by atoms with Crippen LogP contribution in [0.2, 0.25) is 0 Å². The Morgan fingerprint density at radius 2 is 2.21 bits per heavy atom. The first-order chi connectivity index (χ1) is 6.76. The molecule has 2 N–H and O–H groups in total. The van der Waals surface area contributed by atoms with Crippen molar-refractivity contribution in [3.8, 4) is 5.75 Å². The summed E-state index contributed by atoms with van der Waals surface area (Å²) >= 11 is 0. The van der Waals surface area contributed by atoms with Gasteiger partial charge < -0.3 is 10.5 Å². The molecule has 14 heavy (non-hydrogen) atoms. The number of hydrogen-bond donors (Lipinski definition) is 1. The lowest BCUT2D eigenvalue weighted by Gasteiger charge is -2.14. The summed E-state index contributed by atoms with van der Waals surface area (Å²) in [6, 6.07) is 6.72. The summed E-state index contributed by atoms with van der Waals surface area (Å²) in [5.41, 5.74) is 9.37. The number of methoxy groups -OCH3 is 1. The molecule has 2 heteroatoms. The summed E-state index contributed by atoms with van der Waals surface area (Å²) in [4.78, 5) is 0. The second kappa shape index (κ2) is 2.51. The maximum absolute atomic E-state index is 6.18. The third kappa shape index (κ3) is 0.894. The first-order valence-corrected chi connectivity index (χ1v) is 5.19. The topological polar surface area (TPSA) is 35.2 Å². The van der Waals surface area contributed by atoms with Gasteiger partial charge in [0.2, 0.25) is 0 Å². The van der Waals surface area contributed by atoms with E-state index >= 15 is 0 Å². The van der Waals surface area contributed by atoms with E-state index in [-0.39, 0.29) is 0 Å². The fourth-order valence-electron chi connectivity index (χ4n) is 2.73. The first-order valence-electron chi connectivity index (χ1n) is 5.19. The van der Waals surface area contributed by atoms with Crippen molar-refractivity contribution in [3.63, 3.8) is 0 Å². The van der Waals surface area contributed by atoms with E-state index in [1.807, 2.05) is 6.07 Å². The minimum Gasteiger partial charge on any atom is -0.497 e. The number of benzene rings is 1. The highest BCUT2D eigenvalue weighted by molar-refractivity contribution is 5.49. The van der Waals surface area contributed by atoms with Crippen molar-refractivity contribution in [3.05, 3.63) is 29.3 Å². The molecule has 0 saturated heterocycles. The Bertz CT molecular complexity index is 382. The molecule has 2 aliphatic rings. The summed E-state index contributed by atoms with van der Waals surface area (Å²) in [6.45, 7) is 0. The van der Waals surface area contributed by atoms with Gasteiger partial charge in [0.15, 0.2) is 0 Å². The average molecular weight is 189 g/mol. The van der Waals surface area contributed by atoms with Crippen molar-refractivity contribution in [1.29, 1.82) is 0 Å². The molecule has 1 fully saturated rings. The summed E-state index contributed by atoms with van der Waals surface area (Å²) in [7, 11) is 1.72. The van der Waals surface area contributed by atoms with Gasteiger partial charge in [0, 0.05) is 11.5 Å². The SMILES string of the molecule is COc1ccc2c(c1)C1(CC1)C(N)C2.